The molecule has 2 aromatic rings. The van der Waals surface area contributed by atoms with Crippen molar-refractivity contribution in [2.75, 3.05) is 26.4 Å². The first-order valence-corrected chi connectivity index (χ1v) is 8.32. The number of nitrogen functional groups attached to an aromatic ring is 1. The number of rotatable bonds is 2. The first kappa shape index (κ1) is 18.4. The van der Waals surface area contributed by atoms with Crippen LogP contribution in [0, 0.1) is 23.6 Å². The maximum Gasteiger partial charge on any atom is 0.358 e. The van der Waals surface area contributed by atoms with E-state index in [1.54, 1.807) is 36.2 Å². The number of nitrogens with two attached hydrogens (primary N) is 1. The Kier molecular flexibility index (Phi) is 5.08. The smallest absolute Gasteiger partial charge is 0.358 e. The van der Waals surface area contributed by atoms with Crippen molar-refractivity contribution in [2.24, 2.45) is 5.92 Å². The van der Waals surface area contributed by atoms with Gasteiger partial charge in [0.25, 0.3) is 0 Å². The summed E-state index contributed by atoms with van der Waals surface area (Å²) < 4.78 is 19.0. The maximum absolute atomic E-state index is 14.4. The quantitative estimate of drug-likeness (QED) is 0.649. The van der Waals surface area contributed by atoms with Gasteiger partial charge in [0.1, 0.15) is 11.6 Å². The van der Waals surface area contributed by atoms with Gasteiger partial charge in [-0.15, -0.1) is 0 Å². The number of hydrogen-bond acceptors (Lipinski definition) is 5. The van der Waals surface area contributed by atoms with Crippen LogP contribution in [0.25, 0.3) is 11.3 Å². The average molecular weight is 367 g/mol. The summed E-state index contributed by atoms with van der Waals surface area (Å²) in [6, 6.07) is 7.81. The Morgan fingerprint density at radius 1 is 1.41 bits per heavy atom. The molecule has 2 N–H and O–H groups in total. The standard InChI is InChI=1S/C20H18FN3O3/c1-24-9-8-13(19(24)25)7-6-12-4-3-5-14(10-12)17-15(21)11-16(22)18(23-17)20(26)27-2/h3-5,10-11,13H,8-9,22H2,1-2H3/t13-/m1/s1. The van der Waals surface area contributed by atoms with E-state index in [0.29, 0.717) is 24.1 Å². The number of likely N-dealkylation sites (tertiary alicyclic amines) is 1. The maximum atomic E-state index is 14.4. The number of nitrogens with zero attached hydrogens (tertiary/aromatic N) is 2. The number of carbonyl (C=O) groups excluding carboxylic acids is 2. The number of benzene rings is 1. The number of hydrogen-bond donors (Lipinski definition) is 1. The Hall–Kier alpha value is -3.40. The lowest BCUT2D eigenvalue weighted by Crippen LogP contribution is -2.21. The van der Waals surface area contributed by atoms with Crippen molar-refractivity contribution in [3.05, 3.63) is 47.4 Å². The van der Waals surface area contributed by atoms with Gasteiger partial charge in [0.05, 0.1) is 12.8 Å². The number of ether oxygens (including phenoxy) is 1. The Morgan fingerprint density at radius 3 is 2.85 bits per heavy atom. The SMILES string of the molecule is COC(=O)c1nc(-c2cccc(C#C[C@@H]3CCN(C)C3=O)c2)c(F)cc1N. The number of pyridine rings is 1. The van der Waals surface area contributed by atoms with Crippen molar-refractivity contribution in [3.8, 4) is 23.1 Å². The molecule has 0 spiro atoms. The average Bonchev–Trinajstić information content (AvgIpc) is 2.98. The second-order valence-corrected chi connectivity index (χ2v) is 6.20. The molecule has 6 nitrogen and oxygen atoms in total. The first-order valence-electron chi connectivity index (χ1n) is 8.32. The zero-order valence-electron chi connectivity index (χ0n) is 15.0. The van der Waals surface area contributed by atoms with Crippen molar-refractivity contribution >= 4 is 17.6 Å². The predicted molar refractivity (Wildman–Crippen MR) is 98.0 cm³/mol. The molecule has 1 aromatic carbocycles. The lowest BCUT2D eigenvalue weighted by molar-refractivity contribution is -0.128. The van der Waals surface area contributed by atoms with Crippen LogP contribution in [-0.4, -0.2) is 42.5 Å². The zero-order valence-corrected chi connectivity index (χ0v) is 15.0. The summed E-state index contributed by atoms with van der Waals surface area (Å²) in [5.41, 5.74) is 6.45. The minimum absolute atomic E-state index is 0.00706. The van der Waals surface area contributed by atoms with Crippen molar-refractivity contribution in [2.45, 2.75) is 6.42 Å². The number of aromatic nitrogens is 1. The Labute approximate surface area is 156 Å². The zero-order chi connectivity index (χ0) is 19.6. The molecule has 0 bridgehead atoms. The van der Waals surface area contributed by atoms with Gasteiger partial charge in [-0.3, -0.25) is 4.79 Å². The van der Waals surface area contributed by atoms with E-state index in [2.05, 4.69) is 21.6 Å². The number of methoxy groups -OCH3 is 1. The largest absolute Gasteiger partial charge is 0.464 e. The highest BCUT2D eigenvalue weighted by Crippen LogP contribution is 2.25. The normalized spacial score (nSPS) is 16.0. The first-order chi connectivity index (χ1) is 12.9. The summed E-state index contributed by atoms with van der Waals surface area (Å²) >= 11 is 0. The van der Waals surface area contributed by atoms with Gasteiger partial charge in [0.2, 0.25) is 5.91 Å². The molecule has 1 aromatic heterocycles. The van der Waals surface area contributed by atoms with Gasteiger partial charge < -0.3 is 15.4 Å². The van der Waals surface area contributed by atoms with E-state index in [4.69, 9.17) is 5.73 Å². The molecule has 138 valence electrons. The van der Waals surface area contributed by atoms with Crippen LogP contribution in [0.5, 0.6) is 0 Å². The van der Waals surface area contributed by atoms with Gasteiger partial charge in [-0.1, -0.05) is 24.0 Å². The fourth-order valence-corrected chi connectivity index (χ4v) is 2.84. The molecule has 0 radical (unpaired) electrons. The summed E-state index contributed by atoms with van der Waals surface area (Å²) in [7, 11) is 2.95. The van der Waals surface area contributed by atoms with Gasteiger partial charge in [0, 0.05) is 30.8 Å². The Balaban J connectivity index is 1.95. The van der Waals surface area contributed by atoms with Crippen LogP contribution < -0.4 is 5.73 Å². The molecule has 1 aliphatic rings. The van der Waals surface area contributed by atoms with E-state index in [0.717, 1.165) is 6.07 Å². The minimum Gasteiger partial charge on any atom is -0.464 e. The summed E-state index contributed by atoms with van der Waals surface area (Å²) in [5.74, 6) is 4.22. The molecule has 2 heterocycles. The monoisotopic (exact) mass is 367 g/mol. The molecule has 0 saturated carbocycles. The lowest BCUT2D eigenvalue weighted by Gasteiger charge is -2.08. The summed E-state index contributed by atoms with van der Waals surface area (Å²) in [6.45, 7) is 0.690. The van der Waals surface area contributed by atoms with Crippen LogP contribution in [0.1, 0.15) is 22.5 Å². The minimum atomic E-state index is -0.742. The Bertz CT molecular complexity index is 978. The van der Waals surface area contributed by atoms with Crippen molar-refractivity contribution in [3.63, 3.8) is 0 Å². The van der Waals surface area contributed by atoms with Gasteiger partial charge in [0.15, 0.2) is 11.5 Å². The van der Waals surface area contributed by atoms with Gasteiger partial charge in [-0.25, -0.2) is 14.2 Å². The molecule has 1 saturated heterocycles. The molecular weight excluding hydrogens is 349 g/mol. The highest BCUT2D eigenvalue weighted by molar-refractivity contribution is 5.93. The third kappa shape index (κ3) is 3.75. The molecule has 0 aliphatic carbocycles. The molecule has 27 heavy (non-hydrogen) atoms. The molecule has 1 fully saturated rings. The topological polar surface area (TPSA) is 85.5 Å². The van der Waals surface area contributed by atoms with Gasteiger partial charge in [-0.2, -0.15) is 0 Å². The highest BCUT2D eigenvalue weighted by Gasteiger charge is 2.27. The third-order valence-electron chi connectivity index (χ3n) is 4.34. The fraction of sp³-hybridized carbons (Fsp3) is 0.250. The lowest BCUT2D eigenvalue weighted by atomic mass is 10.0. The molecule has 3 rings (SSSR count). The summed E-state index contributed by atoms with van der Waals surface area (Å²) in [5, 5.41) is 0. The summed E-state index contributed by atoms with van der Waals surface area (Å²) in [4.78, 5) is 29.4. The highest BCUT2D eigenvalue weighted by atomic mass is 19.1. The van der Waals surface area contributed by atoms with E-state index in [1.165, 1.54) is 7.11 Å². The number of anilines is 1. The van der Waals surface area contributed by atoms with E-state index in [-0.39, 0.29) is 28.9 Å². The van der Waals surface area contributed by atoms with E-state index in [9.17, 15) is 14.0 Å². The molecule has 1 amide bonds. The second-order valence-electron chi connectivity index (χ2n) is 6.20. The van der Waals surface area contributed by atoms with E-state index >= 15 is 0 Å². The van der Waals surface area contributed by atoms with Crippen LogP contribution >= 0.6 is 0 Å². The van der Waals surface area contributed by atoms with E-state index in [1.807, 2.05) is 0 Å². The number of amides is 1. The van der Waals surface area contributed by atoms with Crippen molar-refractivity contribution in [1.29, 1.82) is 0 Å². The van der Waals surface area contributed by atoms with E-state index < -0.39 is 11.8 Å². The van der Waals surface area contributed by atoms with Gasteiger partial charge >= 0.3 is 5.97 Å². The Morgan fingerprint density at radius 2 is 2.19 bits per heavy atom. The molecule has 1 atom stereocenters. The molecule has 1 aliphatic heterocycles. The van der Waals surface area contributed by atoms with Crippen LogP contribution in [0.3, 0.4) is 0 Å². The number of halogens is 1. The van der Waals surface area contributed by atoms with Gasteiger partial charge in [-0.05, 0) is 18.6 Å². The van der Waals surface area contributed by atoms with Crippen molar-refractivity contribution < 1.29 is 18.7 Å². The van der Waals surface area contributed by atoms with Crippen LogP contribution in [0.4, 0.5) is 10.1 Å². The molecule has 0 unspecified atom stereocenters. The van der Waals surface area contributed by atoms with Crippen molar-refractivity contribution in [1.82, 2.24) is 9.88 Å². The summed E-state index contributed by atoms with van der Waals surface area (Å²) in [6.07, 6.45) is 0.693. The number of esters is 1. The third-order valence-corrected chi connectivity index (χ3v) is 4.34. The predicted octanol–water partition coefficient (Wildman–Crippen LogP) is 2.09. The molecule has 7 heteroatoms. The number of carbonyl (C=O) groups is 2. The van der Waals surface area contributed by atoms with Crippen LogP contribution in [0.2, 0.25) is 0 Å². The van der Waals surface area contributed by atoms with Crippen LogP contribution in [-0.2, 0) is 9.53 Å². The fourth-order valence-electron chi connectivity index (χ4n) is 2.84. The van der Waals surface area contributed by atoms with Crippen LogP contribution in [0.15, 0.2) is 30.3 Å². The molecular formula is C20H18FN3O3. The second kappa shape index (κ2) is 7.46.